The van der Waals surface area contributed by atoms with Crippen molar-refractivity contribution in [2.24, 2.45) is 5.92 Å². The van der Waals surface area contributed by atoms with E-state index in [9.17, 15) is 0 Å². The summed E-state index contributed by atoms with van der Waals surface area (Å²) in [6, 6.07) is 1.41. The largest absolute Gasteiger partial charge is 0.397 e. The van der Waals surface area contributed by atoms with Crippen molar-refractivity contribution in [3.63, 3.8) is 0 Å². The highest BCUT2D eigenvalue weighted by molar-refractivity contribution is 6.75. The van der Waals surface area contributed by atoms with E-state index in [2.05, 4.69) is 36.9 Å². The van der Waals surface area contributed by atoms with Crippen molar-refractivity contribution in [1.82, 2.24) is 4.57 Å². The molecule has 1 nitrogen and oxygen atoms in total. The number of rotatable bonds is 1. The molecule has 1 aliphatic rings. The molecule has 0 aromatic heterocycles. The SMILES string of the molecule is C=C=CN1CC(C)C[Si]1(C)C. The standard InChI is InChI=1S/C9H17NSi/c1-5-6-10-7-9(2)8-11(10,3)4/h6,9H,1,7-8H2,2-4H3. The molecule has 1 saturated heterocycles. The van der Waals surface area contributed by atoms with Crippen molar-refractivity contribution in [3.8, 4) is 0 Å². The van der Waals surface area contributed by atoms with Crippen LogP contribution in [0.5, 0.6) is 0 Å². The fourth-order valence-corrected chi connectivity index (χ4v) is 5.27. The van der Waals surface area contributed by atoms with Gasteiger partial charge in [-0.05, 0) is 12.0 Å². The van der Waals surface area contributed by atoms with Gasteiger partial charge in [0.15, 0.2) is 8.24 Å². The van der Waals surface area contributed by atoms with Gasteiger partial charge in [-0.3, -0.25) is 0 Å². The Labute approximate surface area is 70.5 Å². The molecule has 1 atom stereocenters. The molecule has 1 rings (SSSR count). The molecule has 0 amide bonds. The minimum atomic E-state index is -1.08. The van der Waals surface area contributed by atoms with E-state index >= 15 is 0 Å². The van der Waals surface area contributed by atoms with Crippen molar-refractivity contribution < 1.29 is 0 Å². The molecule has 0 aliphatic carbocycles. The van der Waals surface area contributed by atoms with Crippen molar-refractivity contribution in [3.05, 3.63) is 18.5 Å². The van der Waals surface area contributed by atoms with Crippen LogP contribution in [0.2, 0.25) is 19.1 Å². The second-order valence-electron chi connectivity index (χ2n) is 4.11. The zero-order valence-electron chi connectivity index (χ0n) is 7.72. The molecule has 1 fully saturated rings. The highest BCUT2D eigenvalue weighted by Gasteiger charge is 2.36. The van der Waals surface area contributed by atoms with Gasteiger partial charge in [-0.2, -0.15) is 0 Å². The second kappa shape index (κ2) is 2.88. The summed E-state index contributed by atoms with van der Waals surface area (Å²) >= 11 is 0. The second-order valence-corrected chi connectivity index (χ2v) is 8.71. The van der Waals surface area contributed by atoms with Gasteiger partial charge in [0.1, 0.15) is 0 Å². The molecule has 2 heteroatoms. The number of nitrogens with zero attached hydrogens (tertiary/aromatic N) is 1. The summed E-state index contributed by atoms with van der Waals surface area (Å²) in [7, 11) is -1.08. The molecular weight excluding hydrogens is 150 g/mol. The van der Waals surface area contributed by atoms with Crippen LogP contribution in [0.25, 0.3) is 0 Å². The molecular formula is C9H17NSi. The maximum absolute atomic E-state index is 3.61. The lowest BCUT2D eigenvalue weighted by Crippen LogP contribution is -2.38. The molecule has 0 radical (unpaired) electrons. The Kier molecular flexibility index (Phi) is 2.26. The Morgan fingerprint density at radius 1 is 1.64 bits per heavy atom. The minimum Gasteiger partial charge on any atom is -0.397 e. The Morgan fingerprint density at radius 3 is 2.64 bits per heavy atom. The van der Waals surface area contributed by atoms with Crippen LogP contribution in [0.15, 0.2) is 18.5 Å². The predicted molar refractivity (Wildman–Crippen MR) is 51.9 cm³/mol. The molecule has 0 N–H and O–H groups in total. The first-order valence-electron chi connectivity index (χ1n) is 4.19. The van der Waals surface area contributed by atoms with Gasteiger partial charge >= 0.3 is 0 Å². The molecule has 1 unspecified atom stereocenters. The van der Waals surface area contributed by atoms with E-state index in [1.165, 1.54) is 12.6 Å². The average molecular weight is 167 g/mol. The first-order chi connectivity index (χ1) is 5.06. The summed E-state index contributed by atoms with van der Waals surface area (Å²) in [5, 5.41) is 0. The molecule has 0 spiro atoms. The molecule has 1 heterocycles. The Hall–Kier alpha value is -0.463. The van der Waals surface area contributed by atoms with Crippen LogP contribution in [-0.2, 0) is 0 Å². The maximum Gasteiger partial charge on any atom is 0.150 e. The minimum absolute atomic E-state index is 0.862. The van der Waals surface area contributed by atoms with E-state index in [-0.39, 0.29) is 0 Å². The van der Waals surface area contributed by atoms with Crippen molar-refractivity contribution in [2.75, 3.05) is 6.54 Å². The van der Waals surface area contributed by atoms with E-state index in [0.29, 0.717) is 0 Å². The zero-order valence-corrected chi connectivity index (χ0v) is 8.72. The first-order valence-corrected chi connectivity index (χ1v) is 7.34. The van der Waals surface area contributed by atoms with Crippen molar-refractivity contribution in [2.45, 2.75) is 26.1 Å². The third-order valence-electron chi connectivity index (χ3n) is 2.38. The third kappa shape index (κ3) is 1.76. The van der Waals surface area contributed by atoms with Crippen LogP contribution >= 0.6 is 0 Å². The Morgan fingerprint density at radius 2 is 2.27 bits per heavy atom. The van der Waals surface area contributed by atoms with Gasteiger partial charge in [0, 0.05) is 12.7 Å². The van der Waals surface area contributed by atoms with Crippen LogP contribution < -0.4 is 0 Å². The molecule has 1 aliphatic heterocycles. The molecule has 62 valence electrons. The summed E-state index contributed by atoms with van der Waals surface area (Å²) in [6.45, 7) is 12.0. The molecule has 0 aromatic carbocycles. The lowest BCUT2D eigenvalue weighted by Gasteiger charge is -2.26. The van der Waals surface area contributed by atoms with E-state index in [1.807, 2.05) is 6.20 Å². The molecule has 0 bridgehead atoms. The molecule has 0 saturated carbocycles. The molecule has 11 heavy (non-hydrogen) atoms. The zero-order chi connectivity index (χ0) is 8.48. The van der Waals surface area contributed by atoms with Crippen LogP contribution in [-0.4, -0.2) is 19.3 Å². The summed E-state index contributed by atoms with van der Waals surface area (Å²) in [5.41, 5.74) is 2.87. The fourth-order valence-electron chi connectivity index (χ4n) is 1.96. The van der Waals surface area contributed by atoms with E-state index in [4.69, 9.17) is 0 Å². The van der Waals surface area contributed by atoms with Crippen LogP contribution in [0.4, 0.5) is 0 Å². The fraction of sp³-hybridized carbons (Fsp3) is 0.667. The highest BCUT2D eigenvalue weighted by Crippen LogP contribution is 2.29. The topological polar surface area (TPSA) is 3.24 Å². The van der Waals surface area contributed by atoms with Crippen molar-refractivity contribution >= 4 is 8.24 Å². The third-order valence-corrected chi connectivity index (χ3v) is 5.94. The van der Waals surface area contributed by atoms with Gasteiger partial charge in [-0.15, -0.1) is 5.73 Å². The number of hydrogen-bond acceptors (Lipinski definition) is 1. The van der Waals surface area contributed by atoms with Gasteiger partial charge in [0.25, 0.3) is 0 Å². The van der Waals surface area contributed by atoms with Crippen molar-refractivity contribution in [1.29, 1.82) is 0 Å². The lowest BCUT2D eigenvalue weighted by atomic mass is 10.2. The van der Waals surface area contributed by atoms with Gasteiger partial charge in [0.2, 0.25) is 0 Å². The van der Waals surface area contributed by atoms with Gasteiger partial charge in [-0.1, -0.05) is 26.6 Å². The molecule has 0 aromatic rings. The quantitative estimate of drug-likeness (QED) is 0.428. The van der Waals surface area contributed by atoms with Gasteiger partial charge in [-0.25, -0.2) is 0 Å². The first kappa shape index (κ1) is 8.63. The lowest BCUT2D eigenvalue weighted by molar-refractivity contribution is 0.527. The monoisotopic (exact) mass is 167 g/mol. The Bertz CT molecular complexity index is 192. The van der Waals surface area contributed by atoms with E-state index in [0.717, 1.165) is 5.92 Å². The summed E-state index contributed by atoms with van der Waals surface area (Å²) in [5.74, 6) is 0.862. The number of hydrogen-bond donors (Lipinski definition) is 0. The maximum atomic E-state index is 3.61. The summed E-state index contributed by atoms with van der Waals surface area (Å²) < 4.78 is 2.46. The van der Waals surface area contributed by atoms with Crippen LogP contribution in [0, 0.1) is 5.92 Å². The van der Waals surface area contributed by atoms with Crippen LogP contribution in [0.1, 0.15) is 6.92 Å². The Balaban J connectivity index is 2.73. The summed E-state index contributed by atoms with van der Waals surface area (Å²) in [6.07, 6.45) is 2.04. The normalized spacial score (nSPS) is 28.3. The van der Waals surface area contributed by atoms with Gasteiger partial charge < -0.3 is 4.57 Å². The van der Waals surface area contributed by atoms with Gasteiger partial charge in [0.05, 0.1) is 0 Å². The predicted octanol–water partition coefficient (Wildman–Crippen LogP) is 2.44. The average Bonchev–Trinajstić information content (AvgIpc) is 2.07. The smallest absolute Gasteiger partial charge is 0.150 e. The highest BCUT2D eigenvalue weighted by atomic mass is 28.3. The van der Waals surface area contributed by atoms with Crippen LogP contribution in [0.3, 0.4) is 0 Å². The van der Waals surface area contributed by atoms with E-state index < -0.39 is 8.24 Å². The summed E-state index contributed by atoms with van der Waals surface area (Å²) in [4.78, 5) is 0. The van der Waals surface area contributed by atoms with E-state index in [1.54, 1.807) is 0 Å².